The molecule has 1 aromatic carbocycles. The number of anilines is 1. The molecule has 0 amide bonds. The van der Waals surface area contributed by atoms with E-state index in [4.69, 9.17) is 18.5 Å². The van der Waals surface area contributed by atoms with E-state index < -0.39 is 56.1 Å². The number of aliphatic hydroxyl groups excluding tert-OH is 1. The van der Waals surface area contributed by atoms with Gasteiger partial charge >= 0.3 is 19.4 Å². The lowest BCUT2D eigenvalue weighted by atomic mass is 9.96. The maximum absolute atomic E-state index is 13.6. The Labute approximate surface area is 207 Å². The fraction of sp³-hybridized carbons (Fsp3) is 0.500. The van der Waals surface area contributed by atoms with E-state index in [1.807, 2.05) is 0 Å². The monoisotopic (exact) mass is 526 g/mol. The lowest BCUT2D eigenvalue weighted by Crippen LogP contribution is -2.46. The zero-order chi connectivity index (χ0) is 26.5. The van der Waals surface area contributed by atoms with Crippen molar-refractivity contribution in [3.63, 3.8) is 0 Å². The summed E-state index contributed by atoms with van der Waals surface area (Å²) in [5, 5.41) is 26.9. The predicted octanol–water partition coefficient (Wildman–Crippen LogP) is 1.04. The standard InChI is InChI=1S/C22H31N4O9P/c1-5-32-19(28)14(2)25-36(31,35-15-9-7-6-8-10-15)33-13-16-18(27)22(3,30)20(34-16)26-12-11-17(23-4)24-21(26)29/h6-12,14,16,18,20,27,30H,5,13H2,1-4H3,(H,25,31)(H,23,24,29)/t14-,16+,18-,20+,22?,36?/m0/s1. The van der Waals surface area contributed by atoms with Crippen LogP contribution < -0.4 is 20.6 Å². The van der Waals surface area contributed by atoms with Crippen molar-refractivity contribution >= 4 is 19.5 Å². The molecule has 2 aromatic rings. The van der Waals surface area contributed by atoms with Crippen LogP contribution in [-0.4, -0.2) is 69.8 Å². The van der Waals surface area contributed by atoms with Gasteiger partial charge < -0.3 is 29.5 Å². The molecular weight excluding hydrogens is 495 g/mol. The predicted molar refractivity (Wildman–Crippen MR) is 128 cm³/mol. The maximum atomic E-state index is 13.6. The summed E-state index contributed by atoms with van der Waals surface area (Å²) in [6, 6.07) is 8.58. The molecule has 4 N–H and O–H groups in total. The van der Waals surface area contributed by atoms with Gasteiger partial charge in [-0.15, -0.1) is 0 Å². The van der Waals surface area contributed by atoms with E-state index in [1.165, 1.54) is 26.1 Å². The molecule has 0 spiro atoms. The summed E-state index contributed by atoms with van der Waals surface area (Å²) in [5.41, 5.74) is -2.64. The van der Waals surface area contributed by atoms with Gasteiger partial charge in [0.25, 0.3) is 0 Å². The van der Waals surface area contributed by atoms with Crippen molar-refractivity contribution in [2.75, 3.05) is 25.6 Å². The second-order valence-electron chi connectivity index (χ2n) is 8.25. The van der Waals surface area contributed by atoms with Crippen LogP contribution in [0.1, 0.15) is 27.0 Å². The first-order valence-electron chi connectivity index (χ1n) is 11.3. The lowest BCUT2D eigenvalue weighted by molar-refractivity contribution is -0.144. The zero-order valence-electron chi connectivity index (χ0n) is 20.4. The molecule has 1 fully saturated rings. The number of nitrogens with one attached hydrogen (secondary N) is 2. The number of carbonyl (C=O) groups excluding carboxylic acids is 1. The number of nitrogens with zero attached hydrogens (tertiary/aromatic N) is 2. The number of para-hydroxylation sites is 1. The highest BCUT2D eigenvalue weighted by Gasteiger charge is 2.54. The Kier molecular flexibility index (Phi) is 8.88. The van der Waals surface area contributed by atoms with E-state index >= 15 is 0 Å². The van der Waals surface area contributed by atoms with E-state index in [1.54, 1.807) is 44.3 Å². The maximum Gasteiger partial charge on any atom is 0.459 e. The number of hydrogen-bond acceptors (Lipinski definition) is 11. The SMILES string of the molecule is CCOC(=O)[C@H](C)NP(=O)(OC[C@H]1O[C@@H](n2ccc(NC)nc2=O)C(C)(O)[C@H]1O)Oc1ccccc1. The molecule has 0 radical (unpaired) electrons. The number of carbonyl (C=O) groups is 1. The topological polar surface area (TPSA) is 170 Å². The van der Waals surface area contributed by atoms with Crippen LogP contribution in [-0.2, 0) is 23.4 Å². The molecular formula is C22H31N4O9P. The summed E-state index contributed by atoms with van der Waals surface area (Å²) in [6.45, 7) is 3.96. The van der Waals surface area contributed by atoms with E-state index in [0.717, 1.165) is 4.57 Å². The van der Waals surface area contributed by atoms with E-state index in [-0.39, 0.29) is 12.4 Å². The van der Waals surface area contributed by atoms with Crippen molar-refractivity contribution in [1.29, 1.82) is 0 Å². The third-order valence-corrected chi connectivity index (χ3v) is 7.11. The first-order valence-corrected chi connectivity index (χ1v) is 12.8. The Bertz CT molecular complexity index is 1140. The lowest BCUT2D eigenvalue weighted by Gasteiger charge is -2.27. The average molecular weight is 526 g/mol. The number of hydrogen-bond donors (Lipinski definition) is 4. The minimum absolute atomic E-state index is 0.123. The molecule has 198 valence electrons. The van der Waals surface area contributed by atoms with Gasteiger partial charge in [0, 0.05) is 13.2 Å². The van der Waals surface area contributed by atoms with Gasteiger partial charge in [0.2, 0.25) is 0 Å². The number of aliphatic hydroxyl groups is 2. The summed E-state index contributed by atoms with van der Waals surface area (Å²) in [5.74, 6) is -0.158. The summed E-state index contributed by atoms with van der Waals surface area (Å²) in [4.78, 5) is 28.3. The van der Waals surface area contributed by atoms with Crippen molar-refractivity contribution in [3.05, 3.63) is 53.1 Å². The number of benzene rings is 1. The second-order valence-corrected chi connectivity index (χ2v) is 9.94. The van der Waals surface area contributed by atoms with E-state index in [0.29, 0.717) is 5.82 Å². The molecule has 0 bridgehead atoms. The molecule has 1 aliphatic rings. The van der Waals surface area contributed by atoms with Crippen LogP contribution in [0.15, 0.2) is 47.4 Å². The third-order valence-electron chi connectivity index (χ3n) is 5.46. The van der Waals surface area contributed by atoms with Crippen molar-refractivity contribution in [2.24, 2.45) is 0 Å². The molecule has 1 saturated heterocycles. The minimum atomic E-state index is -4.22. The Morgan fingerprint density at radius 2 is 2.03 bits per heavy atom. The zero-order valence-corrected chi connectivity index (χ0v) is 21.3. The Balaban J connectivity index is 1.79. The number of ether oxygens (including phenoxy) is 2. The molecule has 1 aromatic heterocycles. The van der Waals surface area contributed by atoms with Crippen LogP contribution in [0.5, 0.6) is 5.75 Å². The molecule has 0 aliphatic carbocycles. The quantitative estimate of drug-likeness (QED) is 0.243. The third kappa shape index (κ3) is 6.30. The van der Waals surface area contributed by atoms with Gasteiger partial charge in [0.05, 0.1) is 13.2 Å². The summed E-state index contributed by atoms with van der Waals surface area (Å²) < 4.78 is 36.4. The van der Waals surface area contributed by atoms with Gasteiger partial charge in [0.1, 0.15) is 35.4 Å². The summed E-state index contributed by atoms with van der Waals surface area (Å²) in [7, 11) is -2.63. The normalized spacial score (nSPS) is 26.1. The highest BCUT2D eigenvalue weighted by Crippen LogP contribution is 2.46. The van der Waals surface area contributed by atoms with Gasteiger partial charge in [-0.05, 0) is 39.0 Å². The fourth-order valence-corrected chi connectivity index (χ4v) is 5.05. The van der Waals surface area contributed by atoms with Crippen LogP contribution >= 0.6 is 7.75 Å². The summed E-state index contributed by atoms with van der Waals surface area (Å²) >= 11 is 0. The smallest absolute Gasteiger partial charge is 0.459 e. The first kappa shape index (κ1) is 27.8. The molecule has 1 aliphatic heterocycles. The van der Waals surface area contributed by atoms with Gasteiger partial charge in [-0.1, -0.05) is 18.2 Å². The summed E-state index contributed by atoms with van der Waals surface area (Å²) in [6.07, 6.45) is -2.70. The Hall–Kier alpha value is -2.80. The second kappa shape index (κ2) is 11.5. The number of rotatable bonds is 11. The van der Waals surface area contributed by atoms with Crippen LogP contribution in [0.2, 0.25) is 0 Å². The van der Waals surface area contributed by atoms with Crippen molar-refractivity contribution in [2.45, 2.75) is 50.8 Å². The van der Waals surface area contributed by atoms with Gasteiger partial charge in [-0.2, -0.15) is 10.1 Å². The highest BCUT2D eigenvalue weighted by molar-refractivity contribution is 7.52. The first-order chi connectivity index (χ1) is 17.0. The molecule has 14 heteroatoms. The molecule has 2 unspecified atom stereocenters. The van der Waals surface area contributed by atoms with Gasteiger partial charge in [0.15, 0.2) is 6.23 Å². The number of esters is 1. The average Bonchev–Trinajstić information content (AvgIpc) is 3.06. The van der Waals surface area contributed by atoms with Gasteiger partial charge in [-0.25, -0.2) is 9.36 Å². The molecule has 6 atom stereocenters. The fourth-order valence-electron chi connectivity index (χ4n) is 3.55. The van der Waals surface area contributed by atoms with E-state index in [2.05, 4.69) is 15.4 Å². The molecule has 36 heavy (non-hydrogen) atoms. The van der Waals surface area contributed by atoms with Crippen LogP contribution in [0.4, 0.5) is 5.82 Å². The minimum Gasteiger partial charge on any atom is -0.465 e. The van der Waals surface area contributed by atoms with Crippen LogP contribution in [0, 0.1) is 0 Å². The van der Waals surface area contributed by atoms with Crippen molar-refractivity contribution in [3.8, 4) is 5.75 Å². The highest BCUT2D eigenvalue weighted by atomic mass is 31.2. The Morgan fingerprint density at radius 3 is 2.64 bits per heavy atom. The molecule has 2 heterocycles. The van der Waals surface area contributed by atoms with Gasteiger partial charge in [-0.3, -0.25) is 13.9 Å². The number of aromatic nitrogens is 2. The molecule has 0 saturated carbocycles. The Morgan fingerprint density at radius 1 is 1.33 bits per heavy atom. The molecule has 3 rings (SSSR count). The van der Waals surface area contributed by atoms with E-state index in [9.17, 15) is 24.4 Å². The molecule has 13 nitrogen and oxygen atoms in total. The van der Waals surface area contributed by atoms with Crippen LogP contribution in [0.3, 0.4) is 0 Å². The largest absolute Gasteiger partial charge is 0.465 e. The van der Waals surface area contributed by atoms with Crippen molar-refractivity contribution in [1.82, 2.24) is 14.6 Å². The van der Waals surface area contributed by atoms with Crippen molar-refractivity contribution < 1.29 is 38.1 Å². The van der Waals surface area contributed by atoms with Crippen LogP contribution in [0.25, 0.3) is 0 Å².